The SMILES string of the molecule is c1ccc(-c2ccc(Nc3ccc4cc(-c5cccc6c5sc5ccc(Nc7cccc8ccccc78)cc56)ccc4c3)cc2)cc1. The standard InChI is InChI=1S/C44H30N2S/c1-2-8-29(9-3-1)30-18-21-35(22-19-30)45-36-23-20-32-26-34(17-16-33(32)27-36)39-13-7-14-40-41-28-37(24-25-43(41)47-44(39)40)46-42-15-6-11-31-10-4-5-12-38(31)42/h1-28,45-46H. The van der Waals surface area contributed by atoms with Crippen LogP contribution in [0.4, 0.5) is 22.7 Å². The van der Waals surface area contributed by atoms with Gasteiger partial charge in [-0.05, 0) is 93.0 Å². The van der Waals surface area contributed by atoms with E-state index in [-0.39, 0.29) is 0 Å². The van der Waals surface area contributed by atoms with E-state index in [0.717, 1.165) is 22.7 Å². The van der Waals surface area contributed by atoms with Crippen molar-refractivity contribution in [1.29, 1.82) is 0 Å². The normalized spacial score (nSPS) is 11.4. The van der Waals surface area contributed by atoms with Crippen LogP contribution < -0.4 is 10.6 Å². The van der Waals surface area contributed by atoms with Gasteiger partial charge in [0.1, 0.15) is 0 Å². The van der Waals surface area contributed by atoms with E-state index in [1.165, 1.54) is 64.0 Å². The summed E-state index contributed by atoms with van der Waals surface area (Å²) >= 11 is 1.87. The van der Waals surface area contributed by atoms with Crippen molar-refractivity contribution >= 4 is 75.8 Å². The number of thiophene rings is 1. The number of rotatable bonds is 6. The Morgan fingerprint density at radius 1 is 0.362 bits per heavy atom. The molecule has 0 atom stereocenters. The van der Waals surface area contributed by atoms with E-state index in [4.69, 9.17) is 0 Å². The lowest BCUT2D eigenvalue weighted by molar-refractivity contribution is 1.55. The molecule has 0 unspecified atom stereocenters. The van der Waals surface area contributed by atoms with Crippen LogP contribution in [0.2, 0.25) is 0 Å². The highest BCUT2D eigenvalue weighted by Crippen LogP contribution is 2.42. The van der Waals surface area contributed by atoms with Crippen LogP contribution in [0.15, 0.2) is 170 Å². The molecule has 0 saturated heterocycles. The van der Waals surface area contributed by atoms with Crippen molar-refractivity contribution in [1.82, 2.24) is 0 Å². The van der Waals surface area contributed by atoms with Gasteiger partial charge in [0, 0.05) is 48.3 Å². The monoisotopic (exact) mass is 618 g/mol. The predicted octanol–water partition coefficient (Wildman–Crippen LogP) is 13.2. The van der Waals surface area contributed by atoms with Crippen LogP contribution in [0.3, 0.4) is 0 Å². The van der Waals surface area contributed by atoms with E-state index in [2.05, 4.69) is 174 Å². The second kappa shape index (κ2) is 11.5. The van der Waals surface area contributed by atoms with Gasteiger partial charge >= 0.3 is 0 Å². The predicted molar refractivity (Wildman–Crippen MR) is 205 cm³/mol. The maximum absolute atomic E-state index is 3.69. The largest absolute Gasteiger partial charge is 0.356 e. The van der Waals surface area contributed by atoms with Gasteiger partial charge < -0.3 is 10.6 Å². The molecule has 0 amide bonds. The Hall–Kier alpha value is -5.90. The Morgan fingerprint density at radius 3 is 1.94 bits per heavy atom. The smallest absolute Gasteiger partial charge is 0.0463 e. The van der Waals surface area contributed by atoms with Gasteiger partial charge in [0.2, 0.25) is 0 Å². The molecule has 222 valence electrons. The number of hydrogen-bond donors (Lipinski definition) is 2. The van der Waals surface area contributed by atoms with Crippen LogP contribution in [0.25, 0.3) is 64.0 Å². The van der Waals surface area contributed by atoms with Gasteiger partial charge in [-0.1, -0.05) is 115 Å². The number of anilines is 4. The van der Waals surface area contributed by atoms with Crippen molar-refractivity contribution in [3.8, 4) is 22.3 Å². The molecule has 0 aliphatic carbocycles. The van der Waals surface area contributed by atoms with Crippen LogP contribution in [0.5, 0.6) is 0 Å². The van der Waals surface area contributed by atoms with Crippen LogP contribution in [0, 0.1) is 0 Å². The Kier molecular flexibility index (Phi) is 6.69. The third-order valence-corrected chi connectivity index (χ3v) is 10.2. The summed E-state index contributed by atoms with van der Waals surface area (Å²) in [5.41, 5.74) is 9.33. The summed E-state index contributed by atoms with van der Waals surface area (Å²) < 4.78 is 2.62. The van der Waals surface area contributed by atoms with Gasteiger partial charge in [0.15, 0.2) is 0 Å². The summed E-state index contributed by atoms with van der Waals surface area (Å²) in [6, 6.07) is 60.9. The van der Waals surface area contributed by atoms with E-state index in [1.54, 1.807) is 0 Å². The molecule has 0 aliphatic heterocycles. The van der Waals surface area contributed by atoms with Gasteiger partial charge in [0.25, 0.3) is 0 Å². The van der Waals surface area contributed by atoms with Crippen molar-refractivity contribution < 1.29 is 0 Å². The number of hydrogen-bond acceptors (Lipinski definition) is 3. The van der Waals surface area contributed by atoms with Crippen LogP contribution >= 0.6 is 11.3 Å². The maximum Gasteiger partial charge on any atom is 0.0463 e. The highest BCUT2D eigenvalue weighted by molar-refractivity contribution is 7.26. The minimum atomic E-state index is 1.08. The fourth-order valence-electron chi connectivity index (χ4n) is 6.63. The van der Waals surface area contributed by atoms with Gasteiger partial charge in [-0.15, -0.1) is 11.3 Å². The van der Waals surface area contributed by atoms with E-state index in [9.17, 15) is 0 Å². The maximum atomic E-state index is 3.69. The lowest BCUT2D eigenvalue weighted by Crippen LogP contribution is -1.91. The Morgan fingerprint density at radius 2 is 1.02 bits per heavy atom. The summed E-state index contributed by atoms with van der Waals surface area (Å²) in [5.74, 6) is 0. The third-order valence-electron chi connectivity index (χ3n) is 9.00. The van der Waals surface area contributed by atoms with Crippen molar-refractivity contribution in [3.05, 3.63) is 170 Å². The molecule has 0 saturated carbocycles. The second-order valence-corrected chi connectivity index (χ2v) is 13.0. The molecule has 3 heteroatoms. The summed E-state index contributed by atoms with van der Waals surface area (Å²) in [5, 5.41) is 14.8. The fourth-order valence-corrected chi connectivity index (χ4v) is 7.85. The first-order valence-corrected chi connectivity index (χ1v) is 16.7. The average molecular weight is 619 g/mol. The van der Waals surface area contributed by atoms with Gasteiger partial charge in [0.05, 0.1) is 0 Å². The summed E-state index contributed by atoms with van der Waals surface area (Å²) in [4.78, 5) is 0. The molecule has 9 aromatic rings. The van der Waals surface area contributed by atoms with Crippen molar-refractivity contribution in [3.63, 3.8) is 0 Å². The molecule has 0 spiro atoms. The Bertz CT molecular complexity index is 2560. The van der Waals surface area contributed by atoms with Crippen LogP contribution in [-0.4, -0.2) is 0 Å². The second-order valence-electron chi connectivity index (χ2n) is 12.0. The molecule has 0 bridgehead atoms. The minimum absolute atomic E-state index is 1.08. The molecule has 2 nitrogen and oxygen atoms in total. The molecule has 2 N–H and O–H groups in total. The molecule has 0 fully saturated rings. The summed E-state index contributed by atoms with van der Waals surface area (Å²) in [7, 11) is 0. The van der Waals surface area contributed by atoms with Crippen LogP contribution in [0.1, 0.15) is 0 Å². The van der Waals surface area contributed by atoms with Gasteiger partial charge in [-0.3, -0.25) is 0 Å². The van der Waals surface area contributed by atoms with Gasteiger partial charge in [-0.25, -0.2) is 0 Å². The summed E-state index contributed by atoms with van der Waals surface area (Å²) in [6.45, 7) is 0. The molecule has 0 radical (unpaired) electrons. The molecule has 9 rings (SSSR count). The molecule has 1 aromatic heterocycles. The minimum Gasteiger partial charge on any atom is -0.356 e. The molecule has 47 heavy (non-hydrogen) atoms. The first kappa shape index (κ1) is 27.4. The quantitative estimate of drug-likeness (QED) is 0.194. The Labute approximate surface area is 277 Å². The first-order valence-electron chi connectivity index (χ1n) is 15.9. The number of nitrogens with one attached hydrogen (secondary N) is 2. The number of benzene rings is 8. The summed E-state index contributed by atoms with van der Waals surface area (Å²) in [6.07, 6.45) is 0. The fraction of sp³-hybridized carbons (Fsp3) is 0. The lowest BCUT2D eigenvalue weighted by Gasteiger charge is -2.11. The van der Waals surface area contributed by atoms with E-state index < -0.39 is 0 Å². The van der Waals surface area contributed by atoms with E-state index in [0.29, 0.717) is 0 Å². The Balaban J connectivity index is 1.01. The van der Waals surface area contributed by atoms with Crippen molar-refractivity contribution in [2.24, 2.45) is 0 Å². The van der Waals surface area contributed by atoms with Gasteiger partial charge in [-0.2, -0.15) is 0 Å². The molecule has 1 heterocycles. The lowest BCUT2D eigenvalue weighted by atomic mass is 9.99. The van der Waals surface area contributed by atoms with Crippen molar-refractivity contribution in [2.75, 3.05) is 10.6 Å². The third kappa shape index (κ3) is 5.17. The highest BCUT2D eigenvalue weighted by atomic mass is 32.1. The van der Waals surface area contributed by atoms with Crippen molar-refractivity contribution in [2.45, 2.75) is 0 Å². The zero-order chi connectivity index (χ0) is 31.2. The highest BCUT2D eigenvalue weighted by Gasteiger charge is 2.12. The number of fused-ring (bicyclic) bond motifs is 5. The van der Waals surface area contributed by atoms with Crippen LogP contribution in [-0.2, 0) is 0 Å². The molecular weight excluding hydrogens is 589 g/mol. The molecular formula is C44H30N2S. The zero-order valence-corrected chi connectivity index (χ0v) is 26.4. The average Bonchev–Trinajstić information content (AvgIpc) is 3.50. The van der Waals surface area contributed by atoms with E-state index >= 15 is 0 Å². The molecule has 0 aliphatic rings. The topological polar surface area (TPSA) is 24.1 Å². The molecule has 8 aromatic carbocycles. The van der Waals surface area contributed by atoms with E-state index in [1.807, 2.05) is 17.4 Å². The first-order chi connectivity index (χ1) is 23.2. The zero-order valence-electron chi connectivity index (χ0n) is 25.6.